The zero-order valence-electron chi connectivity index (χ0n) is 24.4. The van der Waals surface area contributed by atoms with E-state index in [0.29, 0.717) is 26.2 Å². The second kappa shape index (κ2) is 15.6. The van der Waals surface area contributed by atoms with E-state index >= 15 is 0 Å². The van der Waals surface area contributed by atoms with E-state index in [2.05, 4.69) is 31.2 Å². The molecular weight excluding hydrogens is 550 g/mol. The van der Waals surface area contributed by atoms with Gasteiger partial charge >= 0.3 is 12.1 Å². The highest BCUT2D eigenvalue weighted by atomic mass is 16.2. The van der Waals surface area contributed by atoms with E-state index in [4.69, 9.17) is 4.98 Å². The molecule has 0 saturated carbocycles. The number of aromatic nitrogens is 3. The summed E-state index contributed by atoms with van der Waals surface area (Å²) in [5.41, 5.74) is 7.03. The van der Waals surface area contributed by atoms with Crippen molar-refractivity contribution in [1.82, 2.24) is 36.2 Å². The van der Waals surface area contributed by atoms with Crippen LogP contribution in [0, 0.1) is 0 Å². The monoisotopic (exact) mass is 585 g/mol. The molecular formula is C35H35N7O2. The highest BCUT2D eigenvalue weighted by molar-refractivity contribution is 5.74. The fourth-order valence-corrected chi connectivity index (χ4v) is 4.50. The minimum absolute atomic E-state index is 0.212. The normalized spacial score (nSPS) is 10.5. The molecule has 222 valence electrons. The molecule has 0 aliphatic heterocycles. The van der Waals surface area contributed by atoms with Crippen molar-refractivity contribution in [1.29, 1.82) is 0 Å². The summed E-state index contributed by atoms with van der Waals surface area (Å²) in [5.74, 6) is 0. The van der Waals surface area contributed by atoms with Crippen LogP contribution in [0.1, 0.15) is 22.3 Å². The topological polar surface area (TPSA) is 121 Å². The second-order valence-corrected chi connectivity index (χ2v) is 10.2. The molecule has 0 spiro atoms. The molecule has 2 aromatic carbocycles. The van der Waals surface area contributed by atoms with Crippen LogP contribution in [0.2, 0.25) is 0 Å². The van der Waals surface area contributed by atoms with Gasteiger partial charge in [0.1, 0.15) is 0 Å². The van der Waals surface area contributed by atoms with Gasteiger partial charge in [0.15, 0.2) is 0 Å². The Morgan fingerprint density at radius 3 is 1.32 bits per heavy atom. The Hall–Kier alpha value is -5.57. The number of rotatable bonds is 12. The van der Waals surface area contributed by atoms with E-state index in [1.807, 2.05) is 103 Å². The first-order valence-corrected chi connectivity index (χ1v) is 14.6. The van der Waals surface area contributed by atoms with Crippen molar-refractivity contribution >= 4 is 12.1 Å². The molecule has 44 heavy (non-hydrogen) atoms. The number of hydrogen-bond donors (Lipinski definition) is 4. The molecule has 5 rings (SSSR count). The average Bonchev–Trinajstić information content (AvgIpc) is 3.08. The average molecular weight is 586 g/mol. The van der Waals surface area contributed by atoms with Gasteiger partial charge in [-0.05, 0) is 59.4 Å². The van der Waals surface area contributed by atoms with Crippen molar-refractivity contribution in [3.05, 3.63) is 138 Å². The van der Waals surface area contributed by atoms with Gasteiger partial charge < -0.3 is 21.3 Å². The van der Waals surface area contributed by atoms with Crippen molar-refractivity contribution < 1.29 is 9.59 Å². The minimum atomic E-state index is -0.212. The van der Waals surface area contributed by atoms with E-state index < -0.39 is 0 Å². The van der Waals surface area contributed by atoms with Crippen molar-refractivity contribution in [2.75, 3.05) is 13.1 Å². The molecule has 3 heterocycles. The highest BCUT2D eigenvalue weighted by Crippen LogP contribution is 2.20. The van der Waals surface area contributed by atoms with Crippen LogP contribution in [0.5, 0.6) is 0 Å². The third-order valence-electron chi connectivity index (χ3n) is 6.91. The lowest BCUT2D eigenvalue weighted by Crippen LogP contribution is -2.36. The summed E-state index contributed by atoms with van der Waals surface area (Å²) in [7, 11) is 0. The molecule has 0 bridgehead atoms. The van der Waals surface area contributed by atoms with E-state index in [9.17, 15) is 9.59 Å². The van der Waals surface area contributed by atoms with Crippen LogP contribution in [0.15, 0.2) is 116 Å². The van der Waals surface area contributed by atoms with Crippen LogP contribution in [0.4, 0.5) is 9.59 Å². The maximum atomic E-state index is 12.2. The van der Waals surface area contributed by atoms with Gasteiger partial charge in [0.2, 0.25) is 0 Å². The fourth-order valence-electron chi connectivity index (χ4n) is 4.50. The van der Waals surface area contributed by atoms with Crippen LogP contribution < -0.4 is 21.3 Å². The quantitative estimate of drug-likeness (QED) is 0.159. The molecule has 0 unspecified atom stereocenters. The Balaban J connectivity index is 1.07. The maximum absolute atomic E-state index is 12.2. The molecule has 4 N–H and O–H groups in total. The molecule has 0 saturated heterocycles. The number of hydrogen-bond acceptors (Lipinski definition) is 5. The van der Waals surface area contributed by atoms with Crippen LogP contribution in [-0.2, 0) is 25.9 Å². The third-order valence-corrected chi connectivity index (χ3v) is 6.91. The molecule has 9 nitrogen and oxygen atoms in total. The molecule has 4 amide bonds. The summed E-state index contributed by atoms with van der Waals surface area (Å²) in [6, 6.07) is 33.0. The largest absolute Gasteiger partial charge is 0.338 e. The number of amides is 4. The van der Waals surface area contributed by atoms with Crippen molar-refractivity contribution in [2.45, 2.75) is 25.9 Å². The summed E-state index contributed by atoms with van der Waals surface area (Å²) in [6.45, 7) is 1.88. The summed E-state index contributed by atoms with van der Waals surface area (Å²) in [5, 5.41) is 11.5. The van der Waals surface area contributed by atoms with Gasteiger partial charge in [-0.25, -0.2) is 14.6 Å². The Morgan fingerprint density at radius 2 is 0.909 bits per heavy atom. The van der Waals surface area contributed by atoms with E-state index in [1.165, 1.54) is 11.1 Å². The van der Waals surface area contributed by atoms with Gasteiger partial charge in [0.05, 0.1) is 22.8 Å². The second-order valence-electron chi connectivity index (χ2n) is 10.2. The first kappa shape index (κ1) is 29.9. The molecule has 0 radical (unpaired) electrons. The zero-order chi connectivity index (χ0) is 30.4. The lowest BCUT2D eigenvalue weighted by atomic mass is 10.1. The van der Waals surface area contributed by atoms with E-state index in [0.717, 1.165) is 46.7 Å². The molecule has 5 aromatic rings. The van der Waals surface area contributed by atoms with Crippen LogP contribution >= 0.6 is 0 Å². The minimum Gasteiger partial charge on any atom is -0.338 e. The predicted octanol–water partition coefficient (Wildman–Crippen LogP) is 5.29. The first-order chi connectivity index (χ1) is 21.6. The smallest absolute Gasteiger partial charge is 0.315 e. The van der Waals surface area contributed by atoms with Crippen molar-refractivity contribution in [3.63, 3.8) is 0 Å². The van der Waals surface area contributed by atoms with E-state index in [-0.39, 0.29) is 12.1 Å². The summed E-state index contributed by atoms with van der Waals surface area (Å²) in [4.78, 5) is 38.2. The Labute approximate surface area is 257 Å². The van der Waals surface area contributed by atoms with Crippen molar-refractivity contribution in [3.8, 4) is 22.8 Å². The van der Waals surface area contributed by atoms with Gasteiger partial charge in [-0.15, -0.1) is 0 Å². The van der Waals surface area contributed by atoms with Gasteiger partial charge in [-0.3, -0.25) is 9.97 Å². The maximum Gasteiger partial charge on any atom is 0.315 e. The Bertz CT molecular complexity index is 1510. The number of urea groups is 2. The van der Waals surface area contributed by atoms with Gasteiger partial charge in [-0.1, -0.05) is 78.9 Å². The number of nitrogens with one attached hydrogen (secondary N) is 4. The standard InChI is InChI=1S/C35H35N7O2/c43-34(36-20-18-26-8-3-1-4-9-26)40-24-28-14-16-30(38-22-28)32-12-7-13-33(42-32)31-17-15-29(23-39-31)25-41-35(44)37-21-19-27-10-5-2-6-11-27/h1-17,22-23H,18-21,24-25H2,(H2,36,40,43)(H2,37,41,44). The Morgan fingerprint density at radius 1 is 0.455 bits per heavy atom. The number of pyridine rings is 3. The lowest BCUT2D eigenvalue weighted by Gasteiger charge is -2.09. The lowest BCUT2D eigenvalue weighted by molar-refractivity contribution is 0.240. The number of nitrogens with zero attached hydrogens (tertiary/aromatic N) is 3. The van der Waals surface area contributed by atoms with Crippen molar-refractivity contribution in [2.24, 2.45) is 0 Å². The van der Waals surface area contributed by atoms with Crippen LogP contribution in [0.3, 0.4) is 0 Å². The zero-order valence-corrected chi connectivity index (χ0v) is 24.4. The van der Waals surface area contributed by atoms with Gasteiger partial charge in [0, 0.05) is 38.6 Å². The molecule has 0 aliphatic rings. The van der Waals surface area contributed by atoms with Crippen LogP contribution in [-0.4, -0.2) is 40.1 Å². The molecule has 0 atom stereocenters. The van der Waals surface area contributed by atoms with E-state index in [1.54, 1.807) is 12.4 Å². The van der Waals surface area contributed by atoms with Gasteiger partial charge in [0.25, 0.3) is 0 Å². The number of carbonyl (C=O) groups is 2. The molecule has 0 aliphatic carbocycles. The van der Waals surface area contributed by atoms with Crippen LogP contribution in [0.25, 0.3) is 22.8 Å². The molecule has 9 heteroatoms. The first-order valence-electron chi connectivity index (χ1n) is 14.6. The summed E-state index contributed by atoms with van der Waals surface area (Å²) < 4.78 is 0. The highest BCUT2D eigenvalue weighted by Gasteiger charge is 2.08. The fraction of sp³-hybridized carbons (Fsp3) is 0.171. The molecule has 0 fully saturated rings. The SMILES string of the molecule is O=C(NCCc1ccccc1)NCc1ccc(-c2cccc(-c3ccc(CNC(=O)NCCc4ccccc4)cn3)n2)nc1. The van der Waals surface area contributed by atoms with Gasteiger partial charge in [-0.2, -0.15) is 0 Å². The summed E-state index contributed by atoms with van der Waals surface area (Å²) in [6.07, 6.45) is 5.04. The number of carbonyl (C=O) groups excluding carboxylic acids is 2. The Kier molecular flexibility index (Phi) is 10.6. The number of benzene rings is 2. The summed E-state index contributed by atoms with van der Waals surface area (Å²) >= 11 is 0. The molecule has 3 aromatic heterocycles. The predicted molar refractivity (Wildman–Crippen MR) is 171 cm³/mol. The third kappa shape index (κ3) is 9.22.